The molecular weight excluding hydrogens is 721 g/mol. The molecule has 18 heteroatoms. The number of thiophene rings is 2. The van der Waals surface area contributed by atoms with Crippen LogP contribution < -0.4 is 23.8 Å². The summed E-state index contributed by atoms with van der Waals surface area (Å²) in [6.45, 7) is 7.43. The molecule has 1 unspecified atom stereocenters. The molecule has 1 fully saturated rings. The van der Waals surface area contributed by atoms with E-state index < -0.39 is 43.9 Å². The van der Waals surface area contributed by atoms with Crippen LogP contribution in [0.4, 0.5) is 19.4 Å². The van der Waals surface area contributed by atoms with E-state index in [0.29, 0.717) is 47.9 Å². The van der Waals surface area contributed by atoms with E-state index in [1.54, 1.807) is 35.5 Å². The number of fused-ring (bicyclic) bond motifs is 2. The topological polar surface area (TPSA) is 133 Å². The number of anilines is 1. The first-order valence-corrected chi connectivity index (χ1v) is 18.8. The van der Waals surface area contributed by atoms with Crippen molar-refractivity contribution in [3.05, 3.63) is 77.2 Å². The van der Waals surface area contributed by atoms with Crippen molar-refractivity contribution in [2.75, 3.05) is 31.1 Å². The quantitative estimate of drug-likeness (QED) is 0.150. The second-order valence-electron chi connectivity index (χ2n) is 11.4. The van der Waals surface area contributed by atoms with Crippen LogP contribution in [0.25, 0.3) is 20.2 Å². The zero-order valence-corrected chi connectivity index (χ0v) is 30.3. The van der Waals surface area contributed by atoms with Crippen LogP contribution in [-0.2, 0) is 31.4 Å². The molecule has 0 bridgehead atoms. The Labute approximate surface area is 303 Å². The maximum Gasteiger partial charge on any atom is 1.00 e. The first-order valence-electron chi connectivity index (χ1n) is 14.0. The number of hydrogen-bond donors (Lipinski definition) is 0. The van der Waals surface area contributed by atoms with Crippen molar-refractivity contribution in [3.8, 4) is 0 Å². The Morgan fingerprint density at radius 3 is 2.23 bits per heavy atom. The van der Waals surface area contributed by atoms with Crippen LogP contribution in [0.1, 0.15) is 26.3 Å². The summed E-state index contributed by atoms with van der Waals surface area (Å²) in [5.74, 6) is -1.90. The van der Waals surface area contributed by atoms with Gasteiger partial charge in [-0.1, -0.05) is 17.7 Å². The Morgan fingerprint density at radius 2 is 1.62 bits per heavy atom. The summed E-state index contributed by atoms with van der Waals surface area (Å²) < 4.78 is 81.4. The SMILES string of the molecule is CC(C)(C)OC(=O)N1CCN(c2nccc3sc(S(=O)(=O)Cc4ccc(F)c(F)c4)cc23)CC1.O=S([O-])c1cc2c(Cl)nccc2s1.[Li+]. The van der Waals surface area contributed by atoms with Gasteiger partial charge in [0.15, 0.2) is 21.5 Å². The number of carbonyl (C=O) groups excluding carboxylic acids is 1. The van der Waals surface area contributed by atoms with Gasteiger partial charge in [0.2, 0.25) is 0 Å². The largest absolute Gasteiger partial charge is 1.00 e. The number of ether oxygens (including phenoxy) is 1. The average molecular weight is 749 g/mol. The number of amides is 1. The van der Waals surface area contributed by atoms with Crippen molar-refractivity contribution in [2.24, 2.45) is 0 Å². The van der Waals surface area contributed by atoms with E-state index in [1.807, 2.05) is 25.7 Å². The number of hydrogen-bond acceptors (Lipinski definition) is 11. The molecule has 4 aromatic heterocycles. The predicted octanol–water partition coefficient (Wildman–Crippen LogP) is 3.80. The molecule has 10 nitrogen and oxygen atoms in total. The molecule has 1 aliphatic rings. The summed E-state index contributed by atoms with van der Waals surface area (Å²) in [4.78, 5) is 24.3. The summed E-state index contributed by atoms with van der Waals surface area (Å²) in [6, 6.07) is 9.68. The van der Waals surface area contributed by atoms with Crippen LogP contribution in [-0.4, -0.2) is 69.9 Å². The molecule has 1 atom stereocenters. The Kier molecular flexibility index (Phi) is 12.3. The Hall–Kier alpha value is -2.68. The van der Waals surface area contributed by atoms with Gasteiger partial charge in [0, 0.05) is 58.7 Å². The molecule has 1 saturated heterocycles. The van der Waals surface area contributed by atoms with Gasteiger partial charge in [-0.2, -0.15) is 0 Å². The van der Waals surface area contributed by atoms with Gasteiger partial charge in [0.1, 0.15) is 20.8 Å². The standard InChI is InChI=1S/C23H25F2N3O4S2.C7H4ClNO2S2.Li/c1-23(2,3)32-22(29)28-10-8-27(9-11-28)21-16-13-20(33-19(16)6-7-26-21)34(30,31)14-15-4-5-17(24)18(25)12-15;8-7-4-3-6(13(10)11)12-5(4)1-2-9-7;/h4-7,12-13H,8-11,14H2,1-3H3;1-3H,(H,10,11);/q;;+1/p-1. The maximum atomic E-state index is 13.5. The van der Waals surface area contributed by atoms with E-state index in [-0.39, 0.29) is 38.9 Å². The molecule has 1 amide bonds. The van der Waals surface area contributed by atoms with Crippen molar-refractivity contribution < 1.29 is 54.4 Å². The smallest absolute Gasteiger partial charge is 0.768 e. The normalized spacial score (nSPS) is 14.3. The van der Waals surface area contributed by atoms with Crippen molar-refractivity contribution in [1.29, 1.82) is 0 Å². The molecule has 6 rings (SSSR count). The number of nitrogens with zero attached hydrogens (tertiary/aromatic N) is 4. The monoisotopic (exact) mass is 748 g/mol. The van der Waals surface area contributed by atoms with Gasteiger partial charge in [-0.15, -0.1) is 22.7 Å². The number of piperazine rings is 1. The fourth-order valence-corrected chi connectivity index (χ4v) is 9.27. The summed E-state index contributed by atoms with van der Waals surface area (Å²) >= 11 is 5.88. The number of sulfone groups is 1. The second-order valence-corrected chi connectivity index (χ2v) is 17.3. The van der Waals surface area contributed by atoms with Gasteiger partial charge < -0.3 is 19.1 Å². The number of pyridine rings is 2. The number of carbonyl (C=O) groups is 1. The van der Waals surface area contributed by atoms with Crippen LogP contribution in [0.2, 0.25) is 5.15 Å². The summed E-state index contributed by atoms with van der Waals surface area (Å²) in [7, 11) is -3.78. The fraction of sp³-hybridized carbons (Fsp3) is 0.300. The molecule has 0 spiro atoms. The molecule has 5 heterocycles. The van der Waals surface area contributed by atoms with Gasteiger partial charge in [0.05, 0.1) is 9.96 Å². The zero-order chi connectivity index (χ0) is 34.1. The molecule has 0 aliphatic carbocycles. The third kappa shape index (κ3) is 9.10. The molecule has 48 heavy (non-hydrogen) atoms. The summed E-state index contributed by atoms with van der Waals surface area (Å²) in [5.41, 5.74) is -0.396. The molecule has 0 N–H and O–H groups in total. The Balaban J connectivity index is 0.000000310. The molecule has 1 aliphatic heterocycles. The van der Waals surface area contributed by atoms with Crippen LogP contribution in [0.5, 0.6) is 0 Å². The first kappa shape index (κ1) is 38.1. The van der Waals surface area contributed by atoms with Crippen LogP contribution in [0.3, 0.4) is 0 Å². The minimum Gasteiger partial charge on any atom is -0.768 e. The average Bonchev–Trinajstić information content (AvgIpc) is 3.65. The molecule has 0 radical (unpaired) electrons. The number of aromatic nitrogens is 2. The predicted molar refractivity (Wildman–Crippen MR) is 179 cm³/mol. The maximum absolute atomic E-state index is 13.5. The van der Waals surface area contributed by atoms with Gasteiger partial charge in [-0.05, 0) is 73.8 Å². The Morgan fingerprint density at radius 1 is 0.979 bits per heavy atom. The van der Waals surface area contributed by atoms with Crippen LogP contribution in [0, 0.1) is 11.6 Å². The van der Waals surface area contributed by atoms with Crippen molar-refractivity contribution in [2.45, 2.75) is 40.5 Å². The van der Waals surface area contributed by atoms with E-state index in [4.69, 9.17) is 16.3 Å². The summed E-state index contributed by atoms with van der Waals surface area (Å²) in [6.07, 6.45) is 2.82. The molecule has 0 saturated carbocycles. The van der Waals surface area contributed by atoms with E-state index in [2.05, 4.69) is 9.97 Å². The second kappa shape index (κ2) is 15.5. The fourth-order valence-electron chi connectivity index (χ4n) is 4.67. The first-order chi connectivity index (χ1) is 22.1. The summed E-state index contributed by atoms with van der Waals surface area (Å²) in [5, 5.41) is 1.72. The molecule has 1 aromatic carbocycles. The molecule has 5 aromatic rings. The number of benzene rings is 1. The van der Waals surface area contributed by atoms with E-state index in [0.717, 1.165) is 32.9 Å². The van der Waals surface area contributed by atoms with Gasteiger partial charge in [0.25, 0.3) is 0 Å². The zero-order valence-electron chi connectivity index (χ0n) is 26.2. The number of rotatable bonds is 5. The Bertz CT molecular complexity index is 2080. The van der Waals surface area contributed by atoms with Gasteiger partial charge in [-0.25, -0.2) is 32.0 Å². The molecule has 250 valence electrons. The minimum absolute atomic E-state index is 0. The van der Waals surface area contributed by atoms with Gasteiger partial charge >= 0.3 is 25.0 Å². The van der Waals surface area contributed by atoms with E-state index in [1.165, 1.54) is 23.5 Å². The third-order valence-corrected chi connectivity index (χ3v) is 12.5. The van der Waals surface area contributed by atoms with Crippen molar-refractivity contribution >= 4 is 87.3 Å². The van der Waals surface area contributed by atoms with Crippen molar-refractivity contribution in [3.63, 3.8) is 0 Å². The van der Waals surface area contributed by atoms with Crippen molar-refractivity contribution in [1.82, 2.24) is 14.9 Å². The number of halogens is 3. The minimum atomic E-state index is -3.78. The van der Waals surface area contributed by atoms with Crippen LogP contribution >= 0.6 is 34.3 Å². The van der Waals surface area contributed by atoms with E-state index >= 15 is 0 Å². The van der Waals surface area contributed by atoms with E-state index in [9.17, 15) is 30.8 Å². The third-order valence-electron chi connectivity index (χ3n) is 6.82. The van der Waals surface area contributed by atoms with Crippen LogP contribution in [0.15, 0.2) is 63.3 Å². The van der Waals surface area contributed by atoms with Gasteiger partial charge in [-0.3, -0.25) is 4.21 Å². The molecular formula is C30H28ClF2LiN4O6S4.